The van der Waals surface area contributed by atoms with Gasteiger partial charge in [-0.3, -0.25) is 19.7 Å². The quantitative estimate of drug-likeness (QED) is 0.162. The highest BCUT2D eigenvalue weighted by Crippen LogP contribution is 2.41. The molecule has 0 radical (unpaired) electrons. The van der Waals surface area contributed by atoms with Crippen LogP contribution in [0.25, 0.3) is 38.5 Å². The molecule has 51 heavy (non-hydrogen) atoms. The van der Waals surface area contributed by atoms with Gasteiger partial charge in [0.2, 0.25) is 5.91 Å². The molecule has 254 valence electrons. The monoisotopic (exact) mass is 694 g/mol. The smallest absolute Gasteiger partial charge is 0.253 e. The summed E-state index contributed by atoms with van der Waals surface area (Å²) in [6, 6.07) is 26.4. The maximum absolute atomic E-state index is 13.3. The predicted octanol–water partition coefficient (Wildman–Crippen LogP) is 5.88. The van der Waals surface area contributed by atoms with Crippen molar-refractivity contribution >= 4 is 34.1 Å². The fourth-order valence-electron chi connectivity index (χ4n) is 7.06. The van der Waals surface area contributed by atoms with Gasteiger partial charge in [-0.15, -0.1) is 16.4 Å². The number of fused-ring (bicyclic) bond motifs is 1. The molecule has 12 nitrogen and oxygen atoms in total. The van der Waals surface area contributed by atoms with E-state index in [9.17, 15) is 9.59 Å². The van der Waals surface area contributed by atoms with Crippen LogP contribution in [0.1, 0.15) is 54.0 Å². The summed E-state index contributed by atoms with van der Waals surface area (Å²) >= 11 is 1.58. The highest BCUT2D eigenvalue weighted by atomic mass is 32.1. The number of aromatic amines is 1. The first-order chi connectivity index (χ1) is 25.0. The van der Waals surface area contributed by atoms with Crippen molar-refractivity contribution < 1.29 is 9.59 Å². The number of hydrogen-bond acceptors (Lipinski definition) is 8. The number of aromatic nitrogens is 8. The number of benzene rings is 2. The normalized spacial score (nSPS) is 17.8. The highest BCUT2D eigenvalue weighted by Gasteiger charge is 2.46. The molecule has 0 saturated heterocycles. The van der Waals surface area contributed by atoms with Crippen LogP contribution in [0.2, 0.25) is 0 Å². The van der Waals surface area contributed by atoms with Crippen LogP contribution in [0, 0.1) is 5.92 Å². The summed E-state index contributed by atoms with van der Waals surface area (Å²) in [7, 11) is 0. The molecule has 2 aliphatic rings. The average molecular weight is 695 g/mol. The van der Waals surface area contributed by atoms with Crippen LogP contribution < -0.4 is 10.6 Å². The topological polar surface area (TPSA) is 148 Å². The van der Waals surface area contributed by atoms with Gasteiger partial charge in [-0.1, -0.05) is 59.8 Å². The molecule has 0 spiro atoms. The predicted molar refractivity (Wildman–Crippen MR) is 193 cm³/mol. The Morgan fingerprint density at radius 1 is 0.980 bits per heavy atom. The van der Waals surface area contributed by atoms with Crippen LogP contribution in [0.4, 0.5) is 0 Å². The minimum absolute atomic E-state index is 0.0104. The number of pyridine rings is 1. The third-order valence-corrected chi connectivity index (χ3v) is 11.0. The van der Waals surface area contributed by atoms with Crippen LogP contribution in [0.3, 0.4) is 0 Å². The minimum atomic E-state index is -0.513. The van der Waals surface area contributed by atoms with Gasteiger partial charge in [0.25, 0.3) is 5.91 Å². The summed E-state index contributed by atoms with van der Waals surface area (Å²) in [5.41, 5.74) is 4.65. The lowest BCUT2D eigenvalue weighted by molar-refractivity contribution is -0.131. The van der Waals surface area contributed by atoms with E-state index in [0.717, 1.165) is 52.0 Å². The number of H-pyrrole nitrogens is 1. The Kier molecular flexibility index (Phi) is 7.76. The van der Waals surface area contributed by atoms with Gasteiger partial charge < -0.3 is 15.2 Å². The van der Waals surface area contributed by atoms with Crippen molar-refractivity contribution in [1.29, 1.82) is 0 Å². The molecule has 0 unspecified atom stereocenters. The number of carbonyl (C=O) groups excluding carboxylic acids is 2. The zero-order chi connectivity index (χ0) is 34.4. The highest BCUT2D eigenvalue weighted by molar-refractivity contribution is 7.13. The van der Waals surface area contributed by atoms with Gasteiger partial charge in [-0.05, 0) is 67.3 Å². The lowest BCUT2D eigenvalue weighted by Crippen LogP contribution is -2.56. The lowest BCUT2D eigenvalue weighted by atomic mass is 9.74. The van der Waals surface area contributed by atoms with E-state index in [1.807, 2.05) is 54.0 Å². The second-order valence-corrected chi connectivity index (χ2v) is 14.3. The summed E-state index contributed by atoms with van der Waals surface area (Å²) in [6.45, 7) is 0.525. The summed E-state index contributed by atoms with van der Waals surface area (Å²) < 4.78 is 3.89. The molecule has 7 aromatic rings. The van der Waals surface area contributed by atoms with E-state index in [1.165, 1.54) is 0 Å². The van der Waals surface area contributed by atoms with E-state index >= 15 is 0 Å². The Bertz CT molecular complexity index is 2350. The maximum atomic E-state index is 13.3. The molecule has 0 bridgehead atoms. The third-order valence-electron chi connectivity index (χ3n) is 10.1. The lowest BCUT2D eigenvalue weighted by Gasteiger charge is -2.43. The van der Waals surface area contributed by atoms with Gasteiger partial charge in [0.15, 0.2) is 11.6 Å². The minimum Gasteiger partial charge on any atom is -0.349 e. The molecule has 0 atom stereocenters. The molecule has 2 amide bonds. The molecule has 5 aromatic heterocycles. The van der Waals surface area contributed by atoms with Gasteiger partial charge in [0.05, 0.1) is 40.6 Å². The molecule has 2 saturated carbocycles. The zero-order valence-corrected chi connectivity index (χ0v) is 28.4. The van der Waals surface area contributed by atoms with E-state index < -0.39 is 5.54 Å². The second kappa shape index (κ2) is 12.7. The molecule has 0 aliphatic heterocycles. The molecule has 9 rings (SSSR count). The van der Waals surface area contributed by atoms with Crippen LogP contribution in [-0.4, -0.2) is 57.6 Å². The molecule has 3 N–H and O–H groups in total. The van der Waals surface area contributed by atoms with Gasteiger partial charge in [0, 0.05) is 34.8 Å². The maximum Gasteiger partial charge on any atom is 0.253 e. The SMILES string of the molecule is O=C(NC1CC(C(=O)NC2(c3nc(-c4cccs4)n[nH]3)CCC2)C1)c1cncc(-n2cc(Cn3c(-c4ccccc4)cc4ccccc43)nn2)c1. The standard InChI is InChI=1S/C38H34N10O2S/c49-35(40-28-16-26(17-28)36(50)42-38(13-7-14-38)37-41-34(44-45-37)33-12-6-15-51-33)27-18-30(21-39-20-27)48-23-29(43-46-48)22-47-31-11-5-4-10-25(31)19-32(47)24-8-2-1-3-9-24/h1-6,8-12,15,18-21,23,26,28H,7,13-14,16-17,22H2,(H,40,49)(H,42,50)(H,41,44,45). The summed E-state index contributed by atoms with van der Waals surface area (Å²) in [5.74, 6) is 0.932. The molecular formula is C38H34N10O2S. The van der Waals surface area contributed by atoms with Crippen molar-refractivity contribution in [3.8, 4) is 27.6 Å². The third kappa shape index (κ3) is 5.88. The molecule has 5 heterocycles. The van der Waals surface area contributed by atoms with Crippen LogP contribution in [0.5, 0.6) is 0 Å². The van der Waals surface area contributed by atoms with Gasteiger partial charge in [-0.25, -0.2) is 9.67 Å². The second-order valence-electron chi connectivity index (χ2n) is 13.4. The van der Waals surface area contributed by atoms with Crippen molar-refractivity contribution in [2.75, 3.05) is 0 Å². The Morgan fingerprint density at radius 2 is 1.82 bits per heavy atom. The zero-order valence-electron chi connectivity index (χ0n) is 27.6. The van der Waals surface area contributed by atoms with Crippen LogP contribution in [-0.2, 0) is 16.9 Å². The molecule has 2 fully saturated rings. The number of amides is 2. The number of thiophene rings is 1. The summed E-state index contributed by atoms with van der Waals surface area (Å²) in [5, 5.41) is 25.8. The Balaban J connectivity index is 0.833. The van der Waals surface area contributed by atoms with Crippen molar-refractivity contribution in [1.82, 2.24) is 50.4 Å². The van der Waals surface area contributed by atoms with Crippen molar-refractivity contribution in [3.63, 3.8) is 0 Å². The van der Waals surface area contributed by atoms with E-state index in [-0.39, 0.29) is 23.8 Å². The van der Waals surface area contributed by atoms with E-state index in [0.29, 0.717) is 42.3 Å². The first-order valence-corrected chi connectivity index (χ1v) is 18.0. The van der Waals surface area contributed by atoms with Crippen molar-refractivity contribution in [2.45, 2.75) is 50.2 Å². The molecule has 2 aliphatic carbocycles. The number of carbonyl (C=O) groups is 2. The first kappa shape index (κ1) is 31.1. The molecule has 13 heteroatoms. The van der Waals surface area contributed by atoms with E-state index in [2.05, 4.69) is 71.0 Å². The van der Waals surface area contributed by atoms with Crippen molar-refractivity contribution in [3.05, 3.63) is 120 Å². The number of para-hydroxylation sites is 1. The van der Waals surface area contributed by atoms with Gasteiger partial charge >= 0.3 is 0 Å². The fraction of sp³-hybridized carbons (Fsp3) is 0.237. The molecule has 2 aromatic carbocycles. The largest absolute Gasteiger partial charge is 0.349 e. The Morgan fingerprint density at radius 3 is 2.63 bits per heavy atom. The number of nitrogens with one attached hydrogen (secondary N) is 3. The first-order valence-electron chi connectivity index (χ1n) is 17.1. The summed E-state index contributed by atoms with van der Waals surface area (Å²) in [4.78, 5) is 36.6. The number of hydrogen-bond donors (Lipinski definition) is 3. The average Bonchev–Trinajstić information content (AvgIpc) is 3.96. The van der Waals surface area contributed by atoms with Crippen LogP contribution in [0.15, 0.2) is 103 Å². The van der Waals surface area contributed by atoms with E-state index in [1.54, 1.807) is 34.5 Å². The van der Waals surface area contributed by atoms with Crippen molar-refractivity contribution in [2.24, 2.45) is 5.92 Å². The summed E-state index contributed by atoms with van der Waals surface area (Å²) in [6.07, 6.45) is 8.87. The molecular weight excluding hydrogens is 661 g/mol. The Hall–Kier alpha value is -5.95. The van der Waals surface area contributed by atoms with Gasteiger partial charge in [-0.2, -0.15) is 5.10 Å². The Labute approximate surface area is 297 Å². The fourth-order valence-corrected chi connectivity index (χ4v) is 7.72. The van der Waals surface area contributed by atoms with E-state index in [4.69, 9.17) is 4.98 Å². The number of nitrogens with zero attached hydrogens (tertiary/aromatic N) is 7. The number of rotatable bonds is 10. The van der Waals surface area contributed by atoms with Gasteiger partial charge in [0.1, 0.15) is 5.69 Å². The van der Waals surface area contributed by atoms with Crippen LogP contribution >= 0.6 is 11.3 Å².